The molecule has 0 spiro atoms. The molecular formula is C16H10Br2O2. The van der Waals surface area contributed by atoms with Crippen molar-refractivity contribution >= 4 is 43.4 Å². The summed E-state index contributed by atoms with van der Waals surface area (Å²) in [5.41, 5.74) is 1.85. The Morgan fingerprint density at radius 2 is 1.25 bits per heavy atom. The Bertz CT molecular complexity index is 660. The molecule has 1 aliphatic rings. The average Bonchev–Trinajstić information content (AvgIpc) is 2.71. The van der Waals surface area contributed by atoms with Crippen molar-refractivity contribution in [1.29, 1.82) is 0 Å². The van der Waals surface area contributed by atoms with Crippen molar-refractivity contribution in [3.05, 3.63) is 71.3 Å². The average molecular weight is 394 g/mol. The molecule has 4 heteroatoms. The van der Waals surface area contributed by atoms with Crippen LogP contribution < -0.4 is 0 Å². The molecule has 0 saturated heterocycles. The van der Waals surface area contributed by atoms with Crippen LogP contribution >= 0.6 is 31.9 Å². The third-order valence-electron chi connectivity index (χ3n) is 3.52. The van der Waals surface area contributed by atoms with E-state index in [9.17, 15) is 9.59 Å². The summed E-state index contributed by atoms with van der Waals surface area (Å²) >= 11 is 6.93. The van der Waals surface area contributed by atoms with E-state index in [-0.39, 0.29) is 11.6 Å². The summed E-state index contributed by atoms with van der Waals surface area (Å²) in [4.78, 5) is 24.9. The van der Waals surface area contributed by atoms with Gasteiger partial charge in [-0.2, -0.15) is 0 Å². The van der Waals surface area contributed by atoms with Gasteiger partial charge in [-0.1, -0.05) is 86.5 Å². The standard InChI is InChI=1S/C16H10Br2O2/c17-13(10-6-2-1-3-7-10)16(18)14(19)11-8-4-5-9-12(11)15(16)20/h1-9,13H. The van der Waals surface area contributed by atoms with Gasteiger partial charge in [0.2, 0.25) is 0 Å². The van der Waals surface area contributed by atoms with Crippen molar-refractivity contribution in [1.82, 2.24) is 0 Å². The summed E-state index contributed by atoms with van der Waals surface area (Å²) in [7, 11) is 0. The normalized spacial score (nSPS) is 17.9. The number of carbonyl (C=O) groups excluding carboxylic acids is 2. The molecular weight excluding hydrogens is 384 g/mol. The molecule has 0 fully saturated rings. The summed E-state index contributed by atoms with van der Waals surface area (Å²) < 4.78 is -1.27. The van der Waals surface area contributed by atoms with E-state index >= 15 is 0 Å². The van der Waals surface area contributed by atoms with Gasteiger partial charge >= 0.3 is 0 Å². The second kappa shape index (κ2) is 4.93. The number of alkyl halides is 2. The fourth-order valence-corrected chi connectivity index (χ4v) is 3.87. The van der Waals surface area contributed by atoms with E-state index in [1.54, 1.807) is 24.3 Å². The predicted octanol–water partition coefficient (Wildman–Crippen LogP) is 4.34. The highest BCUT2D eigenvalue weighted by Crippen LogP contribution is 2.49. The number of Topliss-reactive ketones (excluding diaryl/α,β-unsaturated/α-hetero) is 2. The Kier molecular flexibility index (Phi) is 3.38. The zero-order valence-corrected chi connectivity index (χ0v) is 13.5. The van der Waals surface area contributed by atoms with E-state index in [0.29, 0.717) is 11.1 Å². The predicted molar refractivity (Wildman–Crippen MR) is 84.9 cm³/mol. The molecule has 0 N–H and O–H groups in total. The Morgan fingerprint density at radius 1 is 0.800 bits per heavy atom. The minimum Gasteiger partial charge on any atom is -0.292 e. The third-order valence-corrected chi connectivity index (χ3v) is 6.53. The summed E-state index contributed by atoms with van der Waals surface area (Å²) in [6, 6.07) is 16.4. The lowest BCUT2D eigenvalue weighted by atomic mass is 9.94. The second-order valence-corrected chi connectivity index (χ2v) is 6.86. The molecule has 20 heavy (non-hydrogen) atoms. The summed E-state index contributed by atoms with van der Waals surface area (Å²) in [5.74, 6) is -0.382. The topological polar surface area (TPSA) is 34.1 Å². The molecule has 1 atom stereocenters. The lowest BCUT2D eigenvalue weighted by Crippen LogP contribution is -2.38. The molecule has 100 valence electrons. The Balaban J connectivity index is 2.11. The van der Waals surface area contributed by atoms with E-state index in [0.717, 1.165) is 5.56 Å². The molecule has 0 bridgehead atoms. The highest BCUT2D eigenvalue weighted by molar-refractivity contribution is 9.13. The van der Waals surface area contributed by atoms with Crippen LogP contribution in [0.3, 0.4) is 0 Å². The molecule has 0 heterocycles. The van der Waals surface area contributed by atoms with Gasteiger partial charge in [0, 0.05) is 11.1 Å². The largest absolute Gasteiger partial charge is 0.292 e. The van der Waals surface area contributed by atoms with Gasteiger partial charge in [0.1, 0.15) is 0 Å². The first-order valence-corrected chi connectivity index (χ1v) is 7.84. The van der Waals surface area contributed by atoms with E-state index in [4.69, 9.17) is 0 Å². The lowest BCUT2D eigenvalue weighted by molar-refractivity contribution is 0.0871. The molecule has 0 saturated carbocycles. The van der Waals surface area contributed by atoms with Crippen LogP contribution in [0, 0.1) is 0 Å². The zero-order valence-electron chi connectivity index (χ0n) is 10.3. The number of halogens is 2. The van der Waals surface area contributed by atoms with Crippen molar-refractivity contribution in [3.63, 3.8) is 0 Å². The van der Waals surface area contributed by atoms with Gasteiger partial charge < -0.3 is 0 Å². The number of rotatable bonds is 2. The van der Waals surface area contributed by atoms with Crippen molar-refractivity contribution < 1.29 is 9.59 Å². The van der Waals surface area contributed by atoms with Crippen molar-refractivity contribution in [2.45, 2.75) is 9.15 Å². The van der Waals surface area contributed by atoms with Gasteiger partial charge in [-0.05, 0) is 5.56 Å². The van der Waals surface area contributed by atoms with Crippen molar-refractivity contribution in [3.8, 4) is 0 Å². The fraction of sp³-hybridized carbons (Fsp3) is 0.125. The fourth-order valence-electron chi connectivity index (χ4n) is 2.46. The van der Waals surface area contributed by atoms with Gasteiger partial charge in [-0.15, -0.1) is 0 Å². The van der Waals surface area contributed by atoms with Gasteiger partial charge in [-0.3, -0.25) is 9.59 Å². The maximum Gasteiger partial charge on any atom is 0.189 e. The highest BCUT2D eigenvalue weighted by Gasteiger charge is 2.55. The molecule has 0 aromatic heterocycles. The summed E-state index contributed by atoms with van der Waals surface area (Å²) in [6.45, 7) is 0. The molecule has 0 amide bonds. The number of carbonyl (C=O) groups is 2. The molecule has 1 aliphatic carbocycles. The van der Waals surface area contributed by atoms with Crippen LogP contribution in [0.1, 0.15) is 31.1 Å². The first-order valence-electron chi connectivity index (χ1n) is 6.13. The molecule has 0 aliphatic heterocycles. The third kappa shape index (κ3) is 1.82. The summed E-state index contributed by atoms with van der Waals surface area (Å²) in [6.07, 6.45) is 0. The van der Waals surface area contributed by atoms with Crippen LogP contribution in [0.15, 0.2) is 54.6 Å². The summed E-state index contributed by atoms with van der Waals surface area (Å²) in [5, 5.41) is 0. The number of hydrogen-bond acceptors (Lipinski definition) is 2. The van der Waals surface area contributed by atoms with Gasteiger partial charge in [0.25, 0.3) is 0 Å². The van der Waals surface area contributed by atoms with Gasteiger partial charge in [-0.25, -0.2) is 0 Å². The highest BCUT2D eigenvalue weighted by atomic mass is 79.9. The van der Waals surface area contributed by atoms with Crippen LogP contribution in [0.25, 0.3) is 0 Å². The molecule has 0 radical (unpaired) electrons. The first-order chi connectivity index (χ1) is 9.56. The number of benzene rings is 2. The van der Waals surface area contributed by atoms with Crippen molar-refractivity contribution in [2.75, 3.05) is 0 Å². The molecule has 1 unspecified atom stereocenters. The van der Waals surface area contributed by atoms with Gasteiger partial charge in [0.15, 0.2) is 15.9 Å². The molecule has 2 aromatic carbocycles. The molecule has 3 rings (SSSR count). The number of hydrogen-bond donors (Lipinski definition) is 0. The van der Waals surface area contributed by atoms with Crippen LogP contribution in [0.2, 0.25) is 0 Å². The monoisotopic (exact) mass is 392 g/mol. The Morgan fingerprint density at radius 3 is 1.75 bits per heavy atom. The van der Waals surface area contributed by atoms with Crippen LogP contribution in [0.4, 0.5) is 0 Å². The van der Waals surface area contributed by atoms with Crippen LogP contribution in [0.5, 0.6) is 0 Å². The minimum absolute atomic E-state index is 0.191. The van der Waals surface area contributed by atoms with Gasteiger partial charge in [0.05, 0.1) is 4.83 Å². The van der Waals surface area contributed by atoms with E-state index in [2.05, 4.69) is 31.9 Å². The maximum atomic E-state index is 12.6. The Hall–Kier alpha value is -1.26. The first kappa shape index (κ1) is 13.7. The zero-order chi connectivity index (χ0) is 14.3. The number of fused-ring (bicyclic) bond motifs is 1. The Labute approximate surface area is 133 Å². The van der Waals surface area contributed by atoms with E-state index in [1.165, 1.54) is 0 Å². The van der Waals surface area contributed by atoms with Crippen molar-refractivity contribution in [2.24, 2.45) is 0 Å². The van der Waals surface area contributed by atoms with E-state index < -0.39 is 9.15 Å². The maximum absolute atomic E-state index is 12.6. The SMILES string of the molecule is O=C1c2ccccc2C(=O)C1(Br)C(Br)c1ccccc1. The second-order valence-electron chi connectivity index (χ2n) is 4.69. The van der Waals surface area contributed by atoms with Crippen LogP contribution in [-0.4, -0.2) is 15.9 Å². The lowest BCUT2D eigenvalue weighted by Gasteiger charge is -2.25. The molecule has 2 aromatic rings. The van der Waals surface area contributed by atoms with E-state index in [1.807, 2.05) is 30.3 Å². The van der Waals surface area contributed by atoms with Crippen LogP contribution in [-0.2, 0) is 0 Å². The quantitative estimate of drug-likeness (QED) is 0.561. The number of ketones is 2. The minimum atomic E-state index is -1.27. The smallest absolute Gasteiger partial charge is 0.189 e. The molecule has 2 nitrogen and oxygen atoms in total.